The van der Waals surface area contributed by atoms with Gasteiger partial charge in [0.15, 0.2) is 0 Å². The van der Waals surface area contributed by atoms with E-state index in [2.05, 4.69) is 0 Å². The van der Waals surface area contributed by atoms with Crippen molar-refractivity contribution in [2.75, 3.05) is 14.2 Å². The normalized spacial score (nSPS) is 9.88. The Morgan fingerprint density at radius 2 is 1.96 bits per heavy atom. The van der Waals surface area contributed by atoms with Gasteiger partial charge in [-0.1, -0.05) is 12.1 Å². The zero-order chi connectivity index (χ0) is 17.7. The van der Waals surface area contributed by atoms with Gasteiger partial charge in [0.25, 0.3) is 11.6 Å². The van der Waals surface area contributed by atoms with Crippen molar-refractivity contribution in [2.24, 2.45) is 0 Å². The number of nitro benzene ring substituents is 1. The standard InChI is InChI=1S/C17H15N3O4/c1-19(11-13-5-3-12(10-18)4-6-13)17(21)15-9-14(20(22)23)7-8-16(15)24-2/h3-9H,11H2,1-2H3. The maximum Gasteiger partial charge on any atom is 0.270 e. The summed E-state index contributed by atoms with van der Waals surface area (Å²) < 4.78 is 5.13. The number of carbonyl (C=O) groups is 1. The molecule has 0 atom stereocenters. The average molecular weight is 325 g/mol. The minimum atomic E-state index is -0.559. The van der Waals surface area contributed by atoms with Gasteiger partial charge in [0.05, 0.1) is 29.2 Å². The number of hydrogen-bond donors (Lipinski definition) is 0. The average Bonchev–Trinajstić information content (AvgIpc) is 2.61. The Labute approximate surface area is 138 Å². The van der Waals surface area contributed by atoms with Crippen molar-refractivity contribution in [1.82, 2.24) is 4.90 Å². The second kappa shape index (κ2) is 7.24. The minimum Gasteiger partial charge on any atom is -0.496 e. The molecule has 122 valence electrons. The zero-order valence-corrected chi connectivity index (χ0v) is 13.2. The predicted octanol–water partition coefficient (Wildman–Crippen LogP) is 2.75. The highest BCUT2D eigenvalue weighted by molar-refractivity contribution is 5.97. The van der Waals surface area contributed by atoms with Gasteiger partial charge in [0.2, 0.25) is 0 Å². The molecule has 2 aromatic rings. The highest BCUT2D eigenvalue weighted by atomic mass is 16.6. The van der Waals surface area contributed by atoms with E-state index in [1.807, 2.05) is 6.07 Å². The van der Waals surface area contributed by atoms with E-state index in [9.17, 15) is 14.9 Å². The third kappa shape index (κ3) is 3.67. The van der Waals surface area contributed by atoms with E-state index in [0.717, 1.165) is 5.56 Å². The molecule has 0 aliphatic heterocycles. The van der Waals surface area contributed by atoms with Crippen molar-refractivity contribution in [3.05, 3.63) is 69.3 Å². The van der Waals surface area contributed by atoms with Crippen LogP contribution in [0.3, 0.4) is 0 Å². The largest absolute Gasteiger partial charge is 0.496 e. The number of nitrogens with zero attached hydrogens (tertiary/aromatic N) is 3. The van der Waals surface area contributed by atoms with Crippen LogP contribution in [0.2, 0.25) is 0 Å². The van der Waals surface area contributed by atoms with Gasteiger partial charge >= 0.3 is 0 Å². The molecule has 0 unspecified atom stereocenters. The number of rotatable bonds is 5. The van der Waals surface area contributed by atoms with Crippen LogP contribution in [0, 0.1) is 21.4 Å². The Morgan fingerprint density at radius 1 is 1.29 bits per heavy atom. The molecule has 0 radical (unpaired) electrons. The molecule has 7 heteroatoms. The Hall–Kier alpha value is -3.40. The Kier molecular flexibility index (Phi) is 5.12. The lowest BCUT2D eigenvalue weighted by Crippen LogP contribution is -2.26. The zero-order valence-electron chi connectivity index (χ0n) is 13.2. The summed E-state index contributed by atoms with van der Waals surface area (Å²) in [6.07, 6.45) is 0. The van der Waals surface area contributed by atoms with Crippen molar-refractivity contribution in [1.29, 1.82) is 5.26 Å². The number of ether oxygens (including phenoxy) is 1. The number of hydrogen-bond acceptors (Lipinski definition) is 5. The summed E-state index contributed by atoms with van der Waals surface area (Å²) in [5, 5.41) is 19.7. The highest BCUT2D eigenvalue weighted by Gasteiger charge is 2.20. The van der Waals surface area contributed by atoms with Crippen LogP contribution in [0.1, 0.15) is 21.5 Å². The molecule has 0 heterocycles. The van der Waals surface area contributed by atoms with Crippen molar-refractivity contribution >= 4 is 11.6 Å². The highest BCUT2D eigenvalue weighted by Crippen LogP contribution is 2.25. The monoisotopic (exact) mass is 325 g/mol. The number of nitro groups is 1. The van der Waals surface area contributed by atoms with Crippen LogP contribution >= 0.6 is 0 Å². The van der Waals surface area contributed by atoms with E-state index >= 15 is 0 Å². The third-order valence-electron chi connectivity index (χ3n) is 3.47. The molecule has 0 saturated carbocycles. The van der Waals surface area contributed by atoms with E-state index in [1.54, 1.807) is 31.3 Å². The van der Waals surface area contributed by atoms with Gasteiger partial charge in [-0.3, -0.25) is 14.9 Å². The number of nitriles is 1. The van der Waals surface area contributed by atoms with Gasteiger partial charge in [0, 0.05) is 25.7 Å². The SMILES string of the molecule is COc1ccc([N+](=O)[O-])cc1C(=O)N(C)Cc1ccc(C#N)cc1. The Balaban J connectivity index is 2.24. The number of non-ortho nitro benzene ring substituents is 1. The molecule has 2 rings (SSSR count). The van der Waals surface area contributed by atoms with Gasteiger partial charge in [-0.05, 0) is 23.8 Å². The molecule has 0 bridgehead atoms. The quantitative estimate of drug-likeness (QED) is 0.622. The number of carbonyl (C=O) groups excluding carboxylic acids is 1. The summed E-state index contributed by atoms with van der Waals surface area (Å²) in [5.74, 6) is -0.114. The van der Waals surface area contributed by atoms with Crippen LogP contribution in [0.5, 0.6) is 5.75 Å². The van der Waals surface area contributed by atoms with Crippen LogP contribution < -0.4 is 4.74 Å². The number of benzene rings is 2. The molecule has 7 nitrogen and oxygen atoms in total. The van der Waals surface area contributed by atoms with Crippen LogP contribution in [-0.2, 0) is 6.54 Å². The fraction of sp³-hybridized carbons (Fsp3) is 0.176. The second-order valence-corrected chi connectivity index (χ2v) is 5.11. The van der Waals surface area contributed by atoms with Gasteiger partial charge in [-0.25, -0.2) is 0 Å². The molecule has 0 aliphatic rings. The van der Waals surface area contributed by atoms with Gasteiger partial charge in [0.1, 0.15) is 5.75 Å². The first kappa shape index (κ1) is 17.0. The van der Waals surface area contributed by atoms with Crippen LogP contribution in [-0.4, -0.2) is 29.9 Å². The summed E-state index contributed by atoms with van der Waals surface area (Å²) in [6.45, 7) is 0.302. The first-order chi connectivity index (χ1) is 11.5. The topological polar surface area (TPSA) is 96.5 Å². The number of amides is 1. The summed E-state index contributed by atoms with van der Waals surface area (Å²) in [7, 11) is 3.00. The minimum absolute atomic E-state index is 0.128. The maximum atomic E-state index is 12.6. The van der Waals surface area contributed by atoms with E-state index in [1.165, 1.54) is 30.2 Å². The van der Waals surface area contributed by atoms with Crippen LogP contribution in [0.15, 0.2) is 42.5 Å². The lowest BCUT2D eigenvalue weighted by atomic mass is 10.1. The Bertz CT molecular complexity index is 810. The fourth-order valence-electron chi connectivity index (χ4n) is 2.21. The van der Waals surface area contributed by atoms with E-state index < -0.39 is 4.92 Å². The molecule has 24 heavy (non-hydrogen) atoms. The van der Waals surface area contributed by atoms with Gasteiger partial charge < -0.3 is 9.64 Å². The van der Waals surface area contributed by atoms with E-state index in [-0.39, 0.29) is 22.9 Å². The molecular weight excluding hydrogens is 310 g/mol. The molecule has 1 amide bonds. The smallest absolute Gasteiger partial charge is 0.270 e. The van der Waals surface area contributed by atoms with Crippen LogP contribution in [0.25, 0.3) is 0 Å². The molecule has 0 fully saturated rings. The van der Waals surface area contributed by atoms with Crippen LogP contribution in [0.4, 0.5) is 5.69 Å². The predicted molar refractivity (Wildman–Crippen MR) is 86.6 cm³/mol. The molecule has 0 spiro atoms. The Morgan fingerprint density at radius 3 is 2.50 bits per heavy atom. The van der Waals surface area contributed by atoms with Gasteiger partial charge in [-0.2, -0.15) is 5.26 Å². The first-order valence-corrected chi connectivity index (χ1v) is 7.03. The van der Waals surface area contributed by atoms with Crippen molar-refractivity contribution in [2.45, 2.75) is 6.54 Å². The summed E-state index contributed by atoms with van der Waals surface area (Å²) in [5.41, 5.74) is 1.33. The van der Waals surface area contributed by atoms with Gasteiger partial charge in [-0.15, -0.1) is 0 Å². The summed E-state index contributed by atoms with van der Waals surface area (Å²) in [4.78, 5) is 24.4. The fourth-order valence-corrected chi connectivity index (χ4v) is 2.21. The number of methoxy groups -OCH3 is 1. The summed E-state index contributed by atoms with van der Waals surface area (Å²) in [6, 6.07) is 12.8. The molecule has 0 saturated heterocycles. The molecule has 0 N–H and O–H groups in total. The van der Waals surface area contributed by atoms with E-state index in [4.69, 9.17) is 10.00 Å². The lowest BCUT2D eigenvalue weighted by molar-refractivity contribution is -0.384. The maximum absolute atomic E-state index is 12.6. The molecular formula is C17H15N3O4. The van der Waals surface area contributed by atoms with Crippen molar-refractivity contribution in [3.8, 4) is 11.8 Å². The third-order valence-corrected chi connectivity index (χ3v) is 3.47. The molecule has 2 aromatic carbocycles. The van der Waals surface area contributed by atoms with Crippen molar-refractivity contribution in [3.63, 3.8) is 0 Å². The molecule has 0 aromatic heterocycles. The lowest BCUT2D eigenvalue weighted by Gasteiger charge is -2.18. The second-order valence-electron chi connectivity index (χ2n) is 5.11. The van der Waals surface area contributed by atoms with Crippen molar-refractivity contribution < 1.29 is 14.5 Å². The van der Waals surface area contributed by atoms with E-state index in [0.29, 0.717) is 12.1 Å². The summed E-state index contributed by atoms with van der Waals surface area (Å²) >= 11 is 0. The molecule has 0 aliphatic carbocycles. The first-order valence-electron chi connectivity index (χ1n) is 7.03.